The quantitative estimate of drug-likeness (QED) is 0.175. The molecule has 214 valence electrons. The van der Waals surface area contributed by atoms with E-state index in [2.05, 4.69) is 102 Å². The predicted octanol–water partition coefficient (Wildman–Crippen LogP) is 6.70. The third kappa shape index (κ3) is 7.52. The van der Waals surface area contributed by atoms with Gasteiger partial charge in [0.15, 0.2) is 43.5 Å². The lowest BCUT2D eigenvalue weighted by atomic mass is 9.99. The zero-order chi connectivity index (χ0) is 28.7. The molecular weight excluding hydrogens is 509 g/mol. The van der Waals surface area contributed by atoms with Gasteiger partial charge in [-0.25, -0.2) is 4.79 Å². The number of esters is 1. The van der Waals surface area contributed by atoms with Crippen molar-refractivity contribution >= 4 is 30.9 Å². The molecule has 0 aliphatic carbocycles. The lowest BCUT2D eigenvalue weighted by Gasteiger charge is -2.52. The summed E-state index contributed by atoms with van der Waals surface area (Å²) >= 11 is 0. The average molecular weight is 565 g/mol. The van der Waals surface area contributed by atoms with Gasteiger partial charge < -0.3 is 27.5 Å². The first-order valence-electron chi connectivity index (χ1n) is 13.1. The van der Waals surface area contributed by atoms with Gasteiger partial charge in [-0.15, -0.1) is 0 Å². The number of cyclic esters (lactones) is 1. The Balaban J connectivity index is 3.78. The molecule has 1 aliphatic rings. The van der Waals surface area contributed by atoms with Crippen molar-refractivity contribution in [2.24, 2.45) is 0 Å². The molecule has 0 aromatic rings. The van der Waals surface area contributed by atoms with Crippen molar-refractivity contribution in [1.29, 1.82) is 0 Å². The van der Waals surface area contributed by atoms with Crippen LogP contribution in [0.2, 0.25) is 54.4 Å². The number of carbonyl (C=O) groups excluding carboxylic acids is 1. The number of hydrogen-bond donors (Lipinski definition) is 0. The van der Waals surface area contributed by atoms with E-state index in [1.54, 1.807) is 14.2 Å². The second kappa shape index (κ2) is 11.2. The highest BCUT2D eigenvalue weighted by molar-refractivity contribution is 6.75. The summed E-state index contributed by atoms with van der Waals surface area (Å²) in [4.78, 5) is 13.7. The van der Waals surface area contributed by atoms with Gasteiger partial charge >= 0.3 is 5.97 Å². The van der Waals surface area contributed by atoms with Gasteiger partial charge in [-0.05, 0) is 54.4 Å². The summed E-state index contributed by atoms with van der Waals surface area (Å²) in [5, 5.41) is -0.232. The van der Waals surface area contributed by atoms with Crippen LogP contribution in [0.3, 0.4) is 0 Å². The average Bonchev–Trinajstić information content (AvgIpc) is 2.65. The molecule has 1 fully saturated rings. The molecule has 0 aromatic heterocycles. The van der Waals surface area contributed by atoms with Gasteiger partial charge in [0.05, 0.1) is 0 Å². The first-order valence-corrected chi connectivity index (χ1v) is 21.8. The Kier molecular flexibility index (Phi) is 10.6. The Morgan fingerprint density at radius 1 is 0.639 bits per heavy atom. The van der Waals surface area contributed by atoms with Crippen LogP contribution in [0.5, 0.6) is 0 Å². The molecule has 36 heavy (non-hydrogen) atoms. The monoisotopic (exact) mass is 564 g/mol. The standard InChI is InChI=1S/C26H56O7Si3/c1-24(2,3)34(12,13)31-18-19(32-35(14,15)25(4,5)6)21(23(28-10)29-11)30-22(27)20(18)33-36(16,17)26(7,8)9/h18-21,23H,1-17H3/t18-,19-,20-,21+/m0/s1. The maximum atomic E-state index is 13.7. The van der Waals surface area contributed by atoms with Crippen molar-refractivity contribution in [3.8, 4) is 0 Å². The smallest absolute Gasteiger partial charge is 0.337 e. The van der Waals surface area contributed by atoms with Crippen molar-refractivity contribution in [1.82, 2.24) is 0 Å². The molecule has 7 nitrogen and oxygen atoms in total. The number of hydrogen-bond acceptors (Lipinski definition) is 7. The number of rotatable bonds is 9. The number of carbonyl (C=O) groups is 1. The van der Waals surface area contributed by atoms with Crippen LogP contribution in [0.25, 0.3) is 0 Å². The third-order valence-corrected chi connectivity index (χ3v) is 22.3. The SMILES string of the molecule is COC(OC)[C@@H]1OC(=O)[C@@H](O[Si](C)(C)C(C)(C)C)[C@@H](O[Si](C)(C)C(C)(C)C)[C@@H]1O[Si](C)(C)C(C)(C)C. The molecule has 1 heterocycles. The van der Waals surface area contributed by atoms with Crippen LogP contribution < -0.4 is 0 Å². The van der Waals surface area contributed by atoms with Crippen LogP contribution in [0, 0.1) is 0 Å². The second-order valence-electron chi connectivity index (χ2n) is 14.7. The first kappa shape index (κ1) is 33.9. The Morgan fingerprint density at radius 2 is 0.972 bits per heavy atom. The summed E-state index contributed by atoms with van der Waals surface area (Å²) in [6.45, 7) is 32.7. The van der Waals surface area contributed by atoms with Crippen LogP contribution in [0.15, 0.2) is 0 Å². The largest absolute Gasteiger partial charge is 0.452 e. The Hall–Kier alpha value is -0.0794. The van der Waals surface area contributed by atoms with Gasteiger partial charge in [-0.2, -0.15) is 0 Å². The molecule has 0 bridgehead atoms. The van der Waals surface area contributed by atoms with Crippen molar-refractivity contribution in [3.63, 3.8) is 0 Å². The summed E-state index contributed by atoms with van der Waals surface area (Å²) in [6, 6.07) is 0. The molecule has 0 aromatic carbocycles. The summed E-state index contributed by atoms with van der Waals surface area (Å²) in [5.74, 6) is -0.442. The van der Waals surface area contributed by atoms with Crippen LogP contribution in [-0.4, -0.2) is 75.8 Å². The normalized spacial score (nSPS) is 25.3. The van der Waals surface area contributed by atoms with E-state index in [0.29, 0.717) is 0 Å². The highest BCUT2D eigenvalue weighted by Crippen LogP contribution is 2.45. The Labute approximate surface area is 224 Å². The molecular formula is C26H56O7Si3. The maximum Gasteiger partial charge on any atom is 0.337 e. The molecule has 0 N–H and O–H groups in total. The van der Waals surface area contributed by atoms with Gasteiger partial charge in [0.25, 0.3) is 0 Å². The van der Waals surface area contributed by atoms with E-state index in [9.17, 15) is 4.79 Å². The fraction of sp³-hybridized carbons (Fsp3) is 0.962. The van der Waals surface area contributed by atoms with Crippen LogP contribution in [0.1, 0.15) is 62.3 Å². The van der Waals surface area contributed by atoms with E-state index in [4.69, 9.17) is 27.5 Å². The highest BCUT2D eigenvalue weighted by atomic mass is 28.4. The van der Waals surface area contributed by atoms with Crippen LogP contribution >= 0.6 is 0 Å². The van der Waals surface area contributed by atoms with Crippen LogP contribution in [0.4, 0.5) is 0 Å². The molecule has 0 spiro atoms. The number of methoxy groups -OCH3 is 2. The summed E-state index contributed by atoms with van der Waals surface area (Å²) in [7, 11) is -3.94. The third-order valence-electron chi connectivity index (χ3n) is 8.86. The van der Waals surface area contributed by atoms with Gasteiger partial charge in [0.2, 0.25) is 0 Å². The molecule has 4 atom stereocenters. The van der Waals surface area contributed by atoms with E-state index >= 15 is 0 Å². The van der Waals surface area contributed by atoms with Crippen LogP contribution in [-0.2, 0) is 32.3 Å². The summed E-state index contributed by atoms with van der Waals surface area (Å²) in [5.41, 5.74) is 0. The van der Waals surface area contributed by atoms with Gasteiger partial charge in [0.1, 0.15) is 12.2 Å². The Bertz CT molecular complexity index is 744. The Morgan fingerprint density at radius 3 is 1.31 bits per heavy atom. The fourth-order valence-electron chi connectivity index (χ4n) is 3.24. The fourth-order valence-corrected chi connectivity index (χ4v) is 7.06. The van der Waals surface area contributed by atoms with Crippen molar-refractivity contribution in [3.05, 3.63) is 0 Å². The minimum Gasteiger partial charge on any atom is -0.452 e. The number of ether oxygens (including phenoxy) is 3. The van der Waals surface area contributed by atoms with E-state index in [1.165, 1.54) is 0 Å². The van der Waals surface area contributed by atoms with Gasteiger partial charge in [-0.3, -0.25) is 0 Å². The molecule has 10 heteroatoms. The van der Waals surface area contributed by atoms with Crippen molar-refractivity contribution in [2.45, 2.75) is 147 Å². The lowest BCUT2D eigenvalue weighted by molar-refractivity contribution is -0.245. The molecule has 1 saturated heterocycles. The van der Waals surface area contributed by atoms with E-state index in [-0.39, 0.29) is 15.1 Å². The molecule has 1 rings (SSSR count). The summed E-state index contributed by atoms with van der Waals surface area (Å²) in [6.07, 6.45) is -3.70. The molecule has 0 amide bonds. The van der Waals surface area contributed by atoms with Crippen molar-refractivity contribution < 1.29 is 32.3 Å². The molecule has 1 aliphatic heterocycles. The van der Waals surface area contributed by atoms with Crippen molar-refractivity contribution in [2.75, 3.05) is 14.2 Å². The van der Waals surface area contributed by atoms with E-state index in [1.807, 2.05) is 0 Å². The highest BCUT2D eigenvalue weighted by Gasteiger charge is 2.58. The zero-order valence-corrected chi connectivity index (χ0v) is 29.2. The second-order valence-corrected chi connectivity index (χ2v) is 29.0. The van der Waals surface area contributed by atoms with Gasteiger partial charge in [-0.1, -0.05) is 62.3 Å². The topological polar surface area (TPSA) is 72.5 Å². The maximum absolute atomic E-state index is 13.7. The predicted molar refractivity (Wildman–Crippen MR) is 154 cm³/mol. The molecule has 0 unspecified atom stereocenters. The minimum atomic E-state index is -2.36. The lowest BCUT2D eigenvalue weighted by Crippen LogP contribution is -2.68. The van der Waals surface area contributed by atoms with E-state index < -0.39 is 61.6 Å². The molecule has 0 saturated carbocycles. The first-order chi connectivity index (χ1) is 15.8. The minimum absolute atomic E-state index is 0.0635. The summed E-state index contributed by atoms with van der Waals surface area (Å²) < 4.78 is 38.1. The zero-order valence-electron chi connectivity index (χ0n) is 26.2. The molecule has 0 radical (unpaired) electrons. The van der Waals surface area contributed by atoms with E-state index in [0.717, 1.165) is 0 Å². The van der Waals surface area contributed by atoms with Gasteiger partial charge in [0, 0.05) is 14.2 Å².